The molecule has 0 amide bonds. The van der Waals surface area contributed by atoms with Crippen molar-refractivity contribution >= 4 is 17.2 Å². The maximum atomic E-state index is 5.59. The Morgan fingerprint density at radius 2 is 1.24 bits per heavy atom. The molecule has 0 fully saturated rings. The number of ether oxygens (including phenoxy) is 4. The molecule has 0 rings (SSSR count). The Hall–Kier alpha value is 0.620. The van der Waals surface area contributed by atoms with Gasteiger partial charge in [-0.2, -0.15) is 5.06 Å². The minimum absolute atomic E-state index is 0.340. The van der Waals surface area contributed by atoms with E-state index >= 15 is 0 Å². The van der Waals surface area contributed by atoms with Crippen molar-refractivity contribution < 1.29 is 23.8 Å². The molecular weight excluding hydrogens is 360 g/mol. The first-order valence-corrected chi connectivity index (χ1v) is 11.3. The molecule has 3 unspecified atom stereocenters. The molecule has 25 heavy (non-hydrogen) atoms. The molecule has 0 aliphatic carbocycles. The zero-order valence-corrected chi connectivity index (χ0v) is 19.3. The van der Waals surface area contributed by atoms with Gasteiger partial charge in [-0.05, 0) is 25.7 Å². The third kappa shape index (κ3) is 8.45. The van der Waals surface area contributed by atoms with E-state index in [-0.39, 0.29) is 0 Å². The van der Waals surface area contributed by atoms with Gasteiger partial charge in [0, 0.05) is 53.9 Å². The third-order valence-corrected chi connectivity index (χ3v) is 8.27. The largest absolute Gasteiger partial charge is 0.350 e. The number of methoxy groups -OCH3 is 4. The fourth-order valence-corrected chi connectivity index (χ4v) is 5.48. The molecule has 0 radical (unpaired) electrons. The second kappa shape index (κ2) is 13.7. The molecule has 0 saturated carbocycles. The average Bonchev–Trinajstić information content (AvgIpc) is 2.66. The first-order valence-electron chi connectivity index (χ1n) is 8.93. The molecule has 0 bridgehead atoms. The van der Waals surface area contributed by atoms with Crippen LogP contribution in [0, 0.1) is 0 Å². The van der Waals surface area contributed by atoms with Gasteiger partial charge in [0.25, 0.3) is 0 Å². The van der Waals surface area contributed by atoms with Gasteiger partial charge in [-0.3, -0.25) is 0 Å². The second-order valence-electron chi connectivity index (χ2n) is 5.84. The molecule has 0 heterocycles. The maximum absolute atomic E-state index is 5.59. The summed E-state index contributed by atoms with van der Waals surface area (Å²) in [6.45, 7) is 7.24. The van der Waals surface area contributed by atoms with E-state index in [0.29, 0.717) is 23.2 Å². The third-order valence-electron chi connectivity index (χ3n) is 4.66. The average molecular weight is 399 g/mol. The molecule has 6 nitrogen and oxygen atoms in total. The molecule has 8 heteroatoms. The summed E-state index contributed by atoms with van der Waals surface area (Å²) >= 11 is 0. The Labute approximate surface area is 158 Å². The van der Waals surface area contributed by atoms with Crippen molar-refractivity contribution in [2.45, 2.75) is 57.1 Å². The van der Waals surface area contributed by atoms with Crippen LogP contribution in [0.3, 0.4) is 0 Å². The van der Waals surface area contributed by atoms with E-state index in [1.807, 2.05) is 0 Å². The van der Waals surface area contributed by atoms with Crippen molar-refractivity contribution in [2.24, 2.45) is 0 Å². The summed E-state index contributed by atoms with van der Waals surface area (Å²) < 4.78 is 22.2. The van der Waals surface area contributed by atoms with Gasteiger partial charge in [0.2, 0.25) is 0 Å². The van der Waals surface area contributed by atoms with Gasteiger partial charge >= 0.3 is 0 Å². The predicted molar refractivity (Wildman–Crippen MR) is 108 cm³/mol. The molecule has 0 aliphatic rings. The summed E-state index contributed by atoms with van der Waals surface area (Å²) in [6, 6.07) is 0.340. The van der Waals surface area contributed by atoms with Crippen LogP contribution in [0.1, 0.15) is 40.0 Å². The van der Waals surface area contributed by atoms with Crippen molar-refractivity contribution in [2.75, 3.05) is 54.4 Å². The number of hydroxylamine groups is 2. The Kier molecular flexibility index (Phi) is 14.1. The summed E-state index contributed by atoms with van der Waals surface area (Å²) in [6.07, 6.45) is 4.76. The minimum Gasteiger partial charge on any atom is -0.350 e. The van der Waals surface area contributed by atoms with Gasteiger partial charge in [0.15, 0.2) is 11.1 Å². The van der Waals surface area contributed by atoms with E-state index in [2.05, 4.69) is 25.8 Å². The zero-order chi connectivity index (χ0) is 19.3. The van der Waals surface area contributed by atoms with Crippen molar-refractivity contribution in [3.05, 3.63) is 0 Å². The number of rotatable bonds is 16. The maximum Gasteiger partial charge on any atom is 0.182 e. The summed E-state index contributed by atoms with van der Waals surface area (Å²) in [5.41, 5.74) is -0.891. The van der Waals surface area contributed by atoms with Crippen LogP contribution in [0.4, 0.5) is 0 Å². The van der Waals surface area contributed by atoms with E-state index in [4.69, 9.17) is 23.8 Å². The molecule has 0 N–H and O–H groups in total. The van der Waals surface area contributed by atoms with E-state index in [1.54, 1.807) is 35.5 Å². The number of nitrogens with zero attached hydrogens (tertiary/aromatic N) is 1. The predicted octanol–water partition coefficient (Wildman–Crippen LogP) is 3.70. The van der Waals surface area contributed by atoms with Crippen LogP contribution in [0.15, 0.2) is 0 Å². The summed E-state index contributed by atoms with van der Waals surface area (Å²) in [4.78, 5) is 5.59. The molecular formula is C17H39NO5P2. The molecule has 0 aromatic carbocycles. The van der Waals surface area contributed by atoms with E-state index in [9.17, 15) is 0 Å². The summed E-state index contributed by atoms with van der Waals surface area (Å²) in [7, 11) is 9.78. The standard InChI is InChI=1S/C17H39NO5P2/c1-9-16(19-4,20-5)24-13-11-15(3)18(23-8)12-14-25-17(10-2,21-6)22-7/h15,24-25H,9-14H2,1-8H3. The molecule has 3 atom stereocenters. The lowest BCUT2D eigenvalue weighted by Gasteiger charge is -2.33. The lowest BCUT2D eigenvalue weighted by atomic mass is 10.2. The first kappa shape index (κ1) is 25.6. The lowest BCUT2D eigenvalue weighted by molar-refractivity contribution is -0.155. The minimum atomic E-state index is -0.457. The molecule has 0 spiro atoms. The highest BCUT2D eigenvalue weighted by Gasteiger charge is 2.28. The highest BCUT2D eigenvalue weighted by Crippen LogP contribution is 2.38. The van der Waals surface area contributed by atoms with E-state index in [0.717, 1.165) is 38.1 Å². The van der Waals surface area contributed by atoms with Crippen LogP contribution in [0.2, 0.25) is 0 Å². The van der Waals surface area contributed by atoms with Crippen LogP contribution in [0.25, 0.3) is 0 Å². The topological polar surface area (TPSA) is 49.4 Å². The highest BCUT2D eigenvalue weighted by molar-refractivity contribution is 7.39. The summed E-state index contributed by atoms with van der Waals surface area (Å²) in [5, 5.41) is 2.05. The van der Waals surface area contributed by atoms with Crippen LogP contribution < -0.4 is 0 Å². The summed E-state index contributed by atoms with van der Waals surface area (Å²) in [5.74, 6) is 0. The first-order chi connectivity index (χ1) is 11.9. The van der Waals surface area contributed by atoms with Crippen molar-refractivity contribution in [1.29, 1.82) is 0 Å². The lowest BCUT2D eigenvalue weighted by Crippen LogP contribution is -2.36. The van der Waals surface area contributed by atoms with Crippen LogP contribution in [-0.4, -0.2) is 76.6 Å². The highest BCUT2D eigenvalue weighted by atomic mass is 31.1. The van der Waals surface area contributed by atoms with Gasteiger partial charge in [-0.15, -0.1) is 0 Å². The Morgan fingerprint density at radius 1 is 0.800 bits per heavy atom. The molecule has 0 aliphatic heterocycles. The van der Waals surface area contributed by atoms with Gasteiger partial charge in [-0.25, -0.2) is 0 Å². The molecule has 0 aromatic rings. The Morgan fingerprint density at radius 3 is 1.60 bits per heavy atom. The fraction of sp³-hybridized carbons (Fsp3) is 1.00. The van der Waals surface area contributed by atoms with Crippen molar-refractivity contribution in [3.63, 3.8) is 0 Å². The quantitative estimate of drug-likeness (QED) is 0.224. The molecule has 0 aromatic heterocycles. The van der Waals surface area contributed by atoms with Gasteiger partial charge in [0.05, 0.1) is 7.11 Å². The van der Waals surface area contributed by atoms with Crippen molar-refractivity contribution in [1.82, 2.24) is 5.06 Å². The SMILES string of the molecule is CCC(OC)(OC)PCCC(C)N(CCPC(CC)(OC)OC)OC. The number of hydrogen-bond donors (Lipinski definition) is 0. The monoisotopic (exact) mass is 399 g/mol. The van der Waals surface area contributed by atoms with Gasteiger partial charge in [0.1, 0.15) is 0 Å². The fourth-order valence-electron chi connectivity index (χ4n) is 2.75. The Balaban J connectivity index is 4.36. The smallest absolute Gasteiger partial charge is 0.182 e. The van der Waals surface area contributed by atoms with E-state index in [1.165, 1.54) is 0 Å². The van der Waals surface area contributed by atoms with Crippen LogP contribution >= 0.6 is 17.2 Å². The second-order valence-corrected chi connectivity index (χ2v) is 9.07. The molecule has 152 valence electrons. The van der Waals surface area contributed by atoms with Gasteiger partial charge < -0.3 is 23.8 Å². The molecule has 0 saturated heterocycles. The normalized spacial score (nSPS) is 15.2. The Bertz CT molecular complexity index is 312. The number of hydrogen-bond acceptors (Lipinski definition) is 6. The zero-order valence-electron chi connectivity index (χ0n) is 17.3. The van der Waals surface area contributed by atoms with Crippen LogP contribution in [-0.2, 0) is 23.8 Å². The van der Waals surface area contributed by atoms with Gasteiger partial charge in [-0.1, -0.05) is 31.0 Å². The van der Waals surface area contributed by atoms with E-state index < -0.39 is 11.1 Å². The van der Waals surface area contributed by atoms with Crippen LogP contribution in [0.5, 0.6) is 0 Å². The van der Waals surface area contributed by atoms with Crippen molar-refractivity contribution in [3.8, 4) is 0 Å².